The van der Waals surface area contributed by atoms with Crippen LogP contribution in [0.4, 0.5) is 21.1 Å². The normalized spacial score (nSPS) is 19.7. The van der Waals surface area contributed by atoms with Crippen molar-refractivity contribution in [1.29, 1.82) is 0 Å². The second-order valence-corrected chi connectivity index (χ2v) is 9.73. The number of hydrogen-bond donors (Lipinski definition) is 2. The Bertz CT molecular complexity index is 1050. The smallest absolute Gasteiger partial charge is 0.413 e. The molecule has 0 radical (unpaired) electrons. The lowest BCUT2D eigenvalue weighted by molar-refractivity contribution is 0.179. The maximum atomic E-state index is 13.2. The van der Waals surface area contributed by atoms with Crippen molar-refractivity contribution < 1.29 is 14.7 Å². The van der Waals surface area contributed by atoms with E-state index in [1.54, 1.807) is 24.4 Å². The molecule has 3 heterocycles. The van der Waals surface area contributed by atoms with Crippen LogP contribution in [-0.2, 0) is 6.42 Å². The van der Waals surface area contributed by atoms with Gasteiger partial charge in [-0.3, -0.25) is 4.90 Å². The van der Waals surface area contributed by atoms with Gasteiger partial charge in [-0.2, -0.15) is 0 Å². The lowest BCUT2D eigenvalue weighted by Crippen LogP contribution is -2.48. The van der Waals surface area contributed by atoms with Crippen molar-refractivity contribution in [2.24, 2.45) is 0 Å². The maximum Gasteiger partial charge on any atom is 0.413 e. The molecule has 1 aromatic heterocycles. The number of rotatable bonds is 2. The first-order valence-corrected chi connectivity index (χ1v) is 10.9. The van der Waals surface area contributed by atoms with Crippen molar-refractivity contribution in [3.05, 3.63) is 51.6 Å². The predicted octanol–water partition coefficient (Wildman–Crippen LogP) is 5.97. The van der Waals surface area contributed by atoms with Crippen LogP contribution in [0.1, 0.15) is 50.8 Å². The number of benzene rings is 1. The molecule has 0 aliphatic carbocycles. The first-order valence-electron chi connectivity index (χ1n) is 10.1. The molecule has 0 spiro atoms. The molecule has 1 aromatic carbocycles. The quantitative estimate of drug-likeness (QED) is 0.575. The van der Waals surface area contributed by atoms with Crippen molar-refractivity contribution in [3.8, 4) is 0 Å². The van der Waals surface area contributed by atoms with E-state index in [0.717, 1.165) is 24.0 Å². The number of nitrogens with zero attached hydrogens (tertiary/aromatic N) is 3. The standard InChI is InChI=1S/C22H24Cl2N4O3/c1-22(2,3)28(21(30)31)19-18-12(8-9-25-19)10-14-5-7-17(18)27(14)20(29)26-13-4-6-15(23)16(24)11-13/h4,6,8-9,11,14,17H,5,7,10H2,1-3H3,(H,26,29)(H,30,31)/t14-,17+/m0/s1. The molecule has 3 amide bonds. The minimum Gasteiger partial charge on any atom is -0.465 e. The van der Waals surface area contributed by atoms with Crippen molar-refractivity contribution in [1.82, 2.24) is 9.88 Å². The van der Waals surface area contributed by atoms with Crippen molar-refractivity contribution >= 4 is 46.8 Å². The molecule has 2 aromatic rings. The molecule has 1 fully saturated rings. The molecule has 7 nitrogen and oxygen atoms in total. The first-order chi connectivity index (χ1) is 14.6. The molecule has 2 bridgehead atoms. The highest BCUT2D eigenvalue weighted by Crippen LogP contribution is 2.47. The summed E-state index contributed by atoms with van der Waals surface area (Å²) in [6.07, 6.45) is 2.84. The third-order valence-electron chi connectivity index (χ3n) is 5.83. The summed E-state index contributed by atoms with van der Waals surface area (Å²) in [6.45, 7) is 5.49. The monoisotopic (exact) mass is 462 g/mol. The Morgan fingerprint density at radius 2 is 1.94 bits per heavy atom. The van der Waals surface area contributed by atoms with E-state index >= 15 is 0 Å². The van der Waals surface area contributed by atoms with Gasteiger partial charge in [-0.25, -0.2) is 14.6 Å². The third kappa shape index (κ3) is 3.92. The molecule has 1 saturated heterocycles. The SMILES string of the molecule is CC(C)(C)N(C(=O)O)c1nccc2c1[C@H]1CC[C@@H](C2)N1C(=O)Nc1ccc(Cl)c(Cl)c1. The number of hydrogen-bond acceptors (Lipinski definition) is 3. The van der Waals surface area contributed by atoms with Gasteiger partial charge in [0.05, 0.1) is 16.1 Å². The molecular formula is C22H24Cl2N4O3. The largest absolute Gasteiger partial charge is 0.465 e. The molecule has 0 saturated carbocycles. The minimum atomic E-state index is -1.07. The Labute approximate surface area is 191 Å². The average Bonchev–Trinajstić information content (AvgIpc) is 2.97. The van der Waals surface area contributed by atoms with E-state index in [4.69, 9.17) is 23.2 Å². The number of carbonyl (C=O) groups is 2. The number of nitrogens with one attached hydrogen (secondary N) is 1. The Balaban J connectivity index is 1.70. The van der Waals surface area contributed by atoms with Gasteiger partial charge in [0.1, 0.15) is 5.82 Å². The number of halogens is 2. The summed E-state index contributed by atoms with van der Waals surface area (Å²) in [4.78, 5) is 32.9. The average molecular weight is 463 g/mol. The number of amides is 3. The summed E-state index contributed by atoms with van der Waals surface area (Å²) in [5.74, 6) is 0.398. The molecule has 9 heteroatoms. The summed E-state index contributed by atoms with van der Waals surface area (Å²) in [6, 6.07) is 6.43. The van der Waals surface area contributed by atoms with Gasteiger partial charge >= 0.3 is 12.1 Å². The fourth-order valence-corrected chi connectivity index (χ4v) is 4.90. The van der Waals surface area contributed by atoms with Gasteiger partial charge in [0, 0.05) is 29.0 Å². The van der Waals surface area contributed by atoms with Crippen LogP contribution < -0.4 is 10.2 Å². The topological polar surface area (TPSA) is 85.8 Å². The summed E-state index contributed by atoms with van der Waals surface area (Å²) in [5, 5.41) is 13.6. The van der Waals surface area contributed by atoms with Crippen LogP contribution in [0.2, 0.25) is 10.0 Å². The first kappa shape index (κ1) is 21.7. The predicted molar refractivity (Wildman–Crippen MR) is 121 cm³/mol. The Kier molecular flexibility index (Phi) is 5.52. The lowest BCUT2D eigenvalue weighted by atomic mass is 9.93. The number of carboxylic acid groups (broad SMARTS) is 1. The van der Waals surface area contributed by atoms with E-state index in [9.17, 15) is 14.7 Å². The summed E-state index contributed by atoms with van der Waals surface area (Å²) < 4.78 is 0. The van der Waals surface area contributed by atoms with E-state index in [2.05, 4.69) is 10.3 Å². The van der Waals surface area contributed by atoms with Gasteiger partial charge in [0.15, 0.2) is 0 Å². The zero-order valence-electron chi connectivity index (χ0n) is 17.5. The van der Waals surface area contributed by atoms with Gasteiger partial charge in [-0.05, 0) is 69.9 Å². The molecule has 2 aliphatic heterocycles. The third-order valence-corrected chi connectivity index (χ3v) is 6.57. The van der Waals surface area contributed by atoms with Crippen LogP contribution in [0.3, 0.4) is 0 Å². The minimum absolute atomic E-state index is 0.0448. The molecule has 164 valence electrons. The molecule has 4 rings (SSSR count). The highest BCUT2D eigenvalue weighted by atomic mass is 35.5. The molecule has 2 atom stereocenters. The van der Waals surface area contributed by atoms with Crippen LogP contribution >= 0.6 is 23.2 Å². The number of carbonyl (C=O) groups excluding carboxylic acids is 1. The van der Waals surface area contributed by atoms with Gasteiger partial charge in [0.2, 0.25) is 0 Å². The lowest BCUT2D eigenvalue weighted by Gasteiger charge is -2.40. The highest BCUT2D eigenvalue weighted by Gasteiger charge is 2.46. The number of anilines is 2. The van der Waals surface area contributed by atoms with E-state index in [1.807, 2.05) is 31.7 Å². The number of pyridine rings is 1. The Hall–Kier alpha value is -2.51. The second-order valence-electron chi connectivity index (χ2n) is 8.91. The van der Waals surface area contributed by atoms with Crippen LogP contribution in [0.25, 0.3) is 0 Å². The number of urea groups is 1. The molecule has 2 N–H and O–H groups in total. The zero-order chi connectivity index (χ0) is 22.5. The molecule has 0 unspecified atom stereocenters. The summed E-state index contributed by atoms with van der Waals surface area (Å²) >= 11 is 12.1. The Morgan fingerprint density at radius 1 is 1.19 bits per heavy atom. The molecule has 31 heavy (non-hydrogen) atoms. The number of fused-ring (bicyclic) bond motifs is 4. The fourth-order valence-electron chi connectivity index (χ4n) is 4.61. The van der Waals surface area contributed by atoms with Crippen molar-refractivity contribution in [2.75, 3.05) is 10.2 Å². The zero-order valence-corrected chi connectivity index (χ0v) is 19.0. The van der Waals surface area contributed by atoms with Crippen LogP contribution in [-0.4, -0.2) is 38.7 Å². The van der Waals surface area contributed by atoms with Gasteiger partial charge < -0.3 is 15.3 Å². The van der Waals surface area contributed by atoms with Crippen molar-refractivity contribution in [3.63, 3.8) is 0 Å². The van der Waals surface area contributed by atoms with E-state index in [0.29, 0.717) is 28.0 Å². The van der Waals surface area contributed by atoms with Gasteiger partial charge in [0.25, 0.3) is 0 Å². The van der Waals surface area contributed by atoms with Crippen LogP contribution in [0.5, 0.6) is 0 Å². The molecule has 2 aliphatic rings. The number of aromatic nitrogens is 1. The second kappa shape index (κ2) is 7.88. The van der Waals surface area contributed by atoms with Crippen LogP contribution in [0, 0.1) is 0 Å². The van der Waals surface area contributed by atoms with Crippen molar-refractivity contribution in [2.45, 2.75) is 57.7 Å². The van der Waals surface area contributed by atoms with Crippen LogP contribution in [0.15, 0.2) is 30.5 Å². The maximum absolute atomic E-state index is 13.2. The summed E-state index contributed by atoms with van der Waals surface area (Å²) in [7, 11) is 0. The van der Waals surface area contributed by atoms with E-state index in [-0.39, 0.29) is 18.1 Å². The fraction of sp³-hybridized carbons (Fsp3) is 0.409. The van der Waals surface area contributed by atoms with E-state index < -0.39 is 11.6 Å². The Morgan fingerprint density at radius 3 is 2.58 bits per heavy atom. The summed E-state index contributed by atoms with van der Waals surface area (Å²) in [5.41, 5.74) is 1.73. The van der Waals surface area contributed by atoms with Gasteiger partial charge in [-0.15, -0.1) is 0 Å². The van der Waals surface area contributed by atoms with E-state index in [1.165, 1.54) is 4.90 Å². The highest BCUT2D eigenvalue weighted by molar-refractivity contribution is 6.42. The molecular weight excluding hydrogens is 439 g/mol. The van der Waals surface area contributed by atoms with Gasteiger partial charge in [-0.1, -0.05) is 23.2 Å².